The van der Waals surface area contributed by atoms with Gasteiger partial charge in [-0.25, -0.2) is 0 Å². The van der Waals surface area contributed by atoms with E-state index in [2.05, 4.69) is 63.4 Å². The zero-order valence-corrected chi connectivity index (χ0v) is 13.8. The fourth-order valence-corrected chi connectivity index (χ4v) is 1.46. The number of allylic oxidation sites excluding steroid dienone is 5. The van der Waals surface area contributed by atoms with Crippen molar-refractivity contribution < 1.29 is 0 Å². The van der Waals surface area contributed by atoms with Gasteiger partial charge in [0.25, 0.3) is 0 Å². The molecule has 0 heteroatoms. The quantitative estimate of drug-likeness (QED) is 0.419. The molecule has 0 aliphatic heterocycles. The van der Waals surface area contributed by atoms with E-state index in [0.717, 1.165) is 6.42 Å². The van der Waals surface area contributed by atoms with Crippen LogP contribution in [0.2, 0.25) is 0 Å². The Morgan fingerprint density at radius 3 is 2.30 bits per heavy atom. The van der Waals surface area contributed by atoms with Crippen molar-refractivity contribution in [2.75, 3.05) is 0 Å². The van der Waals surface area contributed by atoms with Crippen molar-refractivity contribution in [3.63, 3.8) is 0 Å². The first-order chi connectivity index (χ1) is 9.63. The Morgan fingerprint density at radius 1 is 1.20 bits per heavy atom. The van der Waals surface area contributed by atoms with Crippen LogP contribution in [0.1, 0.15) is 45.2 Å². The molecule has 0 bridgehead atoms. The first-order valence-electron chi connectivity index (χ1n) is 7.22. The standard InChI is InChI=1S/C10H12.C8H12.C2H6/c1-3-5-10-7-4-6-9(2)8-10;1-4-6-8(3)7-5-2;1-2/h3-8H,1-2H3;4-6H,1-2,7H2,3H3;1-2H3/b5-3+;8-6+;. The van der Waals surface area contributed by atoms with Gasteiger partial charge in [-0.05, 0) is 32.8 Å². The zero-order valence-electron chi connectivity index (χ0n) is 13.8. The smallest absolute Gasteiger partial charge is 0.0141 e. The average molecular weight is 270 g/mol. The summed E-state index contributed by atoms with van der Waals surface area (Å²) >= 11 is 0. The lowest BCUT2D eigenvalue weighted by molar-refractivity contribution is 1.22. The van der Waals surface area contributed by atoms with Gasteiger partial charge in [0.05, 0.1) is 0 Å². The summed E-state index contributed by atoms with van der Waals surface area (Å²) in [4.78, 5) is 0. The second-order valence-corrected chi connectivity index (χ2v) is 4.16. The predicted octanol–water partition coefficient (Wildman–Crippen LogP) is 6.75. The van der Waals surface area contributed by atoms with Crippen molar-refractivity contribution in [2.45, 2.75) is 41.0 Å². The minimum absolute atomic E-state index is 0.964. The Balaban J connectivity index is 0. The van der Waals surface area contributed by atoms with Crippen LogP contribution in [-0.2, 0) is 0 Å². The van der Waals surface area contributed by atoms with Crippen LogP contribution in [0.15, 0.2) is 67.3 Å². The van der Waals surface area contributed by atoms with E-state index in [9.17, 15) is 0 Å². The summed E-state index contributed by atoms with van der Waals surface area (Å²) in [6.45, 7) is 17.4. The molecule has 0 N–H and O–H groups in total. The molecule has 0 atom stereocenters. The lowest BCUT2D eigenvalue weighted by Gasteiger charge is -1.93. The van der Waals surface area contributed by atoms with Crippen molar-refractivity contribution >= 4 is 6.08 Å². The molecule has 20 heavy (non-hydrogen) atoms. The van der Waals surface area contributed by atoms with E-state index < -0.39 is 0 Å². The Bertz CT molecular complexity index is 419. The Hall–Kier alpha value is -1.82. The summed E-state index contributed by atoms with van der Waals surface area (Å²) in [5, 5.41) is 0. The van der Waals surface area contributed by atoms with Crippen LogP contribution in [0.4, 0.5) is 0 Å². The van der Waals surface area contributed by atoms with Gasteiger partial charge in [0.2, 0.25) is 0 Å². The van der Waals surface area contributed by atoms with Crippen molar-refractivity contribution in [1.82, 2.24) is 0 Å². The molecule has 0 fully saturated rings. The number of hydrogen-bond donors (Lipinski definition) is 0. The molecule has 0 nitrogen and oxygen atoms in total. The van der Waals surface area contributed by atoms with Gasteiger partial charge in [0, 0.05) is 0 Å². The highest BCUT2D eigenvalue weighted by Gasteiger charge is 1.84. The third-order valence-corrected chi connectivity index (χ3v) is 2.27. The van der Waals surface area contributed by atoms with Gasteiger partial charge in [0.1, 0.15) is 0 Å². The molecule has 1 rings (SSSR count). The van der Waals surface area contributed by atoms with E-state index in [1.54, 1.807) is 6.08 Å². The molecule has 0 saturated heterocycles. The molecule has 0 aromatic heterocycles. The summed E-state index contributed by atoms with van der Waals surface area (Å²) in [6.07, 6.45) is 10.8. The molecule has 0 radical (unpaired) electrons. The number of rotatable bonds is 4. The van der Waals surface area contributed by atoms with Crippen molar-refractivity contribution in [2.24, 2.45) is 0 Å². The van der Waals surface area contributed by atoms with Gasteiger partial charge >= 0.3 is 0 Å². The highest BCUT2D eigenvalue weighted by molar-refractivity contribution is 5.49. The highest BCUT2D eigenvalue weighted by atomic mass is 13.9. The lowest BCUT2D eigenvalue weighted by Crippen LogP contribution is -1.72. The third kappa shape index (κ3) is 12.6. The maximum Gasteiger partial charge on any atom is -0.0141 e. The number of hydrogen-bond acceptors (Lipinski definition) is 0. The van der Waals surface area contributed by atoms with Crippen LogP contribution < -0.4 is 0 Å². The minimum Gasteiger partial charge on any atom is -0.103 e. The fraction of sp³-hybridized carbons (Fsp3) is 0.300. The van der Waals surface area contributed by atoms with E-state index in [-0.39, 0.29) is 0 Å². The topological polar surface area (TPSA) is 0 Å². The molecule has 0 aliphatic rings. The molecule has 0 saturated carbocycles. The number of benzene rings is 1. The molecular formula is C20H30. The van der Waals surface area contributed by atoms with Gasteiger partial charge < -0.3 is 0 Å². The largest absolute Gasteiger partial charge is 0.103 e. The van der Waals surface area contributed by atoms with Gasteiger partial charge in [-0.3, -0.25) is 0 Å². The Morgan fingerprint density at radius 2 is 1.85 bits per heavy atom. The molecule has 0 aliphatic carbocycles. The van der Waals surface area contributed by atoms with Crippen LogP contribution in [-0.4, -0.2) is 0 Å². The molecule has 0 spiro atoms. The van der Waals surface area contributed by atoms with Crippen LogP contribution >= 0.6 is 0 Å². The highest BCUT2D eigenvalue weighted by Crippen LogP contribution is 2.04. The van der Waals surface area contributed by atoms with Gasteiger partial charge in [-0.1, -0.05) is 86.2 Å². The molecular weight excluding hydrogens is 240 g/mol. The van der Waals surface area contributed by atoms with Gasteiger partial charge in [-0.2, -0.15) is 0 Å². The van der Waals surface area contributed by atoms with E-state index in [1.165, 1.54) is 16.7 Å². The van der Waals surface area contributed by atoms with Gasteiger partial charge in [0.15, 0.2) is 0 Å². The molecule has 0 amide bonds. The zero-order chi connectivity index (χ0) is 15.8. The molecule has 0 heterocycles. The van der Waals surface area contributed by atoms with Crippen molar-refractivity contribution in [3.8, 4) is 0 Å². The van der Waals surface area contributed by atoms with Crippen LogP contribution in [0.3, 0.4) is 0 Å². The van der Waals surface area contributed by atoms with E-state index in [4.69, 9.17) is 0 Å². The lowest BCUT2D eigenvalue weighted by atomic mass is 10.1. The second-order valence-electron chi connectivity index (χ2n) is 4.16. The summed E-state index contributed by atoms with van der Waals surface area (Å²) in [5.41, 5.74) is 3.90. The van der Waals surface area contributed by atoms with Crippen LogP contribution in [0, 0.1) is 6.92 Å². The van der Waals surface area contributed by atoms with Crippen LogP contribution in [0.25, 0.3) is 6.08 Å². The fourth-order valence-electron chi connectivity index (χ4n) is 1.46. The first-order valence-corrected chi connectivity index (χ1v) is 7.22. The Kier molecular flexibility index (Phi) is 15.6. The molecule has 1 aromatic carbocycles. The van der Waals surface area contributed by atoms with E-state index in [0.29, 0.717) is 0 Å². The molecule has 1 aromatic rings. The van der Waals surface area contributed by atoms with Gasteiger partial charge in [-0.15, -0.1) is 6.58 Å². The summed E-state index contributed by atoms with van der Waals surface area (Å²) in [7, 11) is 0. The average Bonchev–Trinajstić information content (AvgIpc) is 2.43. The summed E-state index contributed by atoms with van der Waals surface area (Å²) < 4.78 is 0. The van der Waals surface area contributed by atoms with E-state index in [1.807, 2.05) is 32.9 Å². The Labute approximate surface area is 126 Å². The summed E-state index contributed by atoms with van der Waals surface area (Å²) in [5.74, 6) is 0. The van der Waals surface area contributed by atoms with Crippen molar-refractivity contribution in [1.29, 1.82) is 0 Å². The maximum absolute atomic E-state index is 3.61. The van der Waals surface area contributed by atoms with Crippen molar-refractivity contribution in [3.05, 3.63) is 78.4 Å². The minimum atomic E-state index is 0.964. The molecule has 110 valence electrons. The normalized spacial score (nSPS) is 9.95. The maximum atomic E-state index is 3.61. The van der Waals surface area contributed by atoms with E-state index >= 15 is 0 Å². The monoisotopic (exact) mass is 270 g/mol. The SMILES string of the molecule is C/C=C/c1cccc(C)c1.C=C/C=C(\C)CC=C.CC. The first kappa shape index (κ1) is 20.5. The second kappa shape index (κ2) is 15.2. The third-order valence-electron chi connectivity index (χ3n) is 2.27. The summed E-state index contributed by atoms with van der Waals surface area (Å²) in [6, 6.07) is 8.45. The van der Waals surface area contributed by atoms with Crippen LogP contribution in [0.5, 0.6) is 0 Å². The molecule has 0 unspecified atom stereocenters. The predicted molar refractivity (Wildman–Crippen MR) is 96.0 cm³/mol. The number of aryl methyl sites for hydroxylation is 1.